The van der Waals surface area contributed by atoms with E-state index < -0.39 is 0 Å². The topological polar surface area (TPSA) is 21.3 Å². The van der Waals surface area contributed by atoms with Gasteiger partial charge in [-0.05, 0) is 30.5 Å². The number of benzene rings is 1. The summed E-state index contributed by atoms with van der Waals surface area (Å²) in [6.07, 6.45) is 8.32. The Morgan fingerprint density at radius 1 is 1.29 bits per heavy atom. The number of rotatable bonds is 8. The SMILES string of the molecule is C#CCCCCNCc1cccc(COC)c1. The molecule has 0 spiro atoms. The van der Waals surface area contributed by atoms with Gasteiger partial charge in [-0.3, -0.25) is 0 Å². The van der Waals surface area contributed by atoms with E-state index in [1.807, 2.05) is 0 Å². The first-order valence-corrected chi connectivity index (χ1v) is 6.07. The van der Waals surface area contributed by atoms with Crippen LogP contribution in [0.3, 0.4) is 0 Å². The van der Waals surface area contributed by atoms with Crippen molar-refractivity contribution in [1.29, 1.82) is 0 Å². The highest BCUT2D eigenvalue weighted by Crippen LogP contribution is 2.06. The summed E-state index contributed by atoms with van der Waals surface area (Å²) in [5.41, 5.74) is 2.52. The van der Waals surface area contributed by atoms with E-state index in [9.17, 15) is 0 Å². The van der Waals surface area contributed by atoms with Crippen molar-refractivity contribution in [1.82, 2.24) is 5.32 Å². The van der Waals surface area contributed by atoms with Gasteiger partial charge < -0.3 is 10.1 Å². The van der Waals surface area contributed by atoms with E-state index in [2.05, 4.69) is 35.5 Å². The molecular formula is C15H21NO. The Kier molecular flexibility index (Phi) is 7.13. The lowest BCUT2D eigenvalue weighted by Crippen LogP contribution is -2.14. The van der Waals surface area contributed by atoms with Crippen molar-refractivity contribution >= 4 is 0 Å². The number of hydrogen-bond donors (Lipinski definition) is 1. The Balaban J connectivity index is 2.22. The predicted molar refractivity (Wildman–Crippen MR) is 71.5 cm³/mol. The first kappa shape index (κ1) is 13.8. The maximum Gasteiger partial charge on any atom is 0.0713 e. The average Bonchev–Trinajstić information content (AvgIpc) is 2.35. The molecule has 2 nitrogen and oxygen atoms in total. The summed E-state index contributed by atoms with van der Waals surface area (Å²) in [5.74, 6) is 2.66. The van der Waals surface area contributed by atoms with E-state index in [1.165, 1.54) is 11.1 Å². The van der Waals surface area contributed by atoms with Crippen LogP contribution in [0.2, 0.25) is 0 Å². The van der Waals surface area contributed by atoms with Crippen molar-refractivity contribution < 1.29 is 4.74 Å². The molecule has 1 aromatic rings. The fourth-order valence-electron chi connectivity index (χ4n) is 1.71. The highest BCUT2D eigenvalue weighted by atomic mass is 16.5. The minimum absolute atomic E-state index is 0.677. The average molecular weight is 231 g/mol. The molecule has 0 heterocycles. The summed E-state index contributed by atoms with van der Waals surface area (Å²) in [4.78, 5) is 0. The third-order valence-corrected chi connectivity index (χ3v) is 2.56. The number of nitrogens with one attached hydrogen (secondary N) is 1. The molecule has 0 aliphatic carbocycles. The van der Waals surface area contributed by atoms with Crippen LogP contribution in [0.25, 0.3) is 0 Å². The van der Waals surface area contributed by atoms with E-state index >= 15 is 0 Å². The molecule has 92 valence electrons. The Morgan fingerprint density at radius 2 is 2.12 bits per heavy atom. The van der Waals surface area contributed by atoms with Crippen LogP contribution < -0.4 is 5.32 Å². The van der Waals surface area contributed by atoms with E-state index in [-0.39, 0.29) is 0 Å². The Bertz CT molecular complexity index is 354. The highest BCUT2D eigenvalue weighted by molar-refractivity contribution is 5.22. The normalized spacial score (nSPS) is 10.1. The van der Waals surface area contributed by atoms with Crippen LogP contribution in [-0.4, -0.2) is 13.7 Å². The largest absolute Gasteiger partial charge is 0.380 e. The highest BCUT2D eigenvalue weighted by Gasteiger charge is 1.95. The molecule has 0 aromatic heterocycles. The molecular weight excluding hydrogens is 210 g/mol. The standard InChI is InChI=1S/C15H21NO/c1-3-4-5-6-10-16-12-14-8-7-9-15(11-14)13-17-2/h1,7-9,11,16H,4-6,10,12-13H2,2H3. The molecule has 0 atom stereocenters. The second-order valence-corrected chi connectivity index (χ2v) is 4.09. The summed E-state index contributed by atoms with van der Waals surface area (Å²) >= 11 is 0. The lowest BCUT2D eigenvalue weighted by Gasteiger charge is -2.06. The lowest BCUT2D eigenvalue weighted by molar-refractivity contribution is 0.185. The molecule has 0 aliphatic heterocycles. The van der Waals surface area contributed by atoms with Crippen LogP contribution in [0.4, 0.5) is 0 Å². The molecule has 2 heteroatoms. The van der Waals surface area contributed by atoms with Crippen molar-refractivity contribution in [2.24, 2.45) is 0 Å². The molecule has 0 aliphatic rings. The van der Waals surface area contributed by atoms with Crippen LogP contribution in [0.5, 0.6) is 0 Å². The van der Waals surface area contributed by atoms with Gasteiger partial charge in [-0.2, -0.15) is 0 Å². The summed E-state index contributed by atoms with van der Waals surface area (Å²) in [5, 5.41) is 3.42. The minimum Gasteiger partial charge on any atom is -0.380 e. The third-order valence-electron chi connectivity index (χ3n) is 2.56. The molecule has 0 saturated heterocycles. The maximum absolute atomic E-state index is 5.20. The van der Waals surface area contributed by atoms with Crippen LogP contribution in [-0.2, 0) is 17.9 Å². The van der Waals surface area contributed by atoms with Crippen LogP contribution in [0.15, 0.2) is 24.3 Å². The van der Waals surface area contributed by atoms with Crippen molar-refractivity contribution in [3.05, 3.63) is 35.4 Å². The molecule has 0 unspecified atom stereocenters. The van der Waals surface area contributed by atoms with Crippen LogP contribution >= 0.6 is 0 Å². The van der Waals surface area contributed by atoms with Crippen LogP contribution in [0, 0.1) is 12.3 Å². The lowest BCUT2D eigenvalue weighted by atomic mass is 10.1. The third kappa shape index (κ3) is 6.11. The maximum atomic E-state index is 5.20. The zero-order valence-electron chi connectivity index (χ0n) is 10.5. The van der Waals surface area contributed by atoms with E-state index in [0.29, 0.717) is 6.61 Å². The predicted octanol–water partition coefficient (Wildman–Crippen LogP) is 2.73. The van der Waals surface area contributed by atoms with Gasteiger partial charge in [0.1, 0.15) is 0 Å². The molecule has 0 bridgehead atoms. The zero-order valence-corrected chi connectivity index (χ0v) is 10.5. The smallest absolute Gasteiger partial charge is 0.0713 e. The fraction of sp³-hybridized carbons (Fsp3) is 0.467. The summed E-state index contributed by atoms with van der Waals surface area (Å²) in [6, 6.07) is 8.47. The van der Waals surface area contributed by atoms with E-state index in [4.69, 9.17) is 11.2 Å². The Labute approximate surface area is 104 Å². The Morgan fingerprint density at radius 3 is 2.88 bits per heavy atom. The Hall–Kier alpha value is -1.30. The number of terminal acetylenes is 1. The molecule has 0 fully saturated rings. The molecule has 0 radical (unpaired) electrons. The number of methoxy groups -OCH3 is 1. The molecule has 0 amide bonds. The molecule has 0 saturated carbocycles. The van der Waals surface area contributed by atoms with Gasteiger partial charge in [0.25, 0.3) is 0 Å². The van der Waals surface area contributed by atoms with Crippen LogP contribution in [0.1, 0.15) is 30.4 Å². The van der Waals surface area contributed by atoms with Crippen molar-refractivity contribution in [3.8, 4) is 12.3 Å². The first-order valence-electron chi connectivity index (χ1n) is 6.07. The van der Waals surface area contributed by atoms with Gasteiger partial charge in [0, 0.05) is 20.1 Å². The molecule has 17 heavy (non-hydrogen) atoms. The monoisotopic (exact) mass is 231 g/mol. The van der Waals surface area contributed by atoms with Gasteiger partial charge in [-0.1, -0.05) is 24.3 Å². The summed E-state index contributed by atoms with van der Waals surface area (Å²) < 4.78 is 5.11. The minimum atomic E-state index is 0.677. The molecule has 1 N–H and O–H groups in total. The van der Waals surface area contributed by atoms with Crippen molar-refractivity contribution in [3.63, 3.8) is 0 Å². The number of hydrogen-bond acceptors (Lipinski definition) is 2. The van der Waals surface area contributed by atoms with Crippen molar-refractivity contribution in [2.45, 2.75) is 32.4 Å². The second-order valence-electron chi connectivity index (χ2n) is 4.09. The van der Waals surface area contributed by atoms with E-state index in [0.717, 1.165) is 32.4 Å². The molecule has 1 aromatic carbocycles. The first-order chi connectivity index (χ1) is 8.36. The van der Waals surface area contributed by atoms with Gasteiger partial charge in [0.2, 0.25) is 0 Å². The zero-order chi connectivity index (χ0) is 12.3. The van der Waals surface area contributed by atoms with Crippen molar-refractivity contribution in [2.75, 3.05) is 13.7 Å². The summed E-state index contributed by atoms with van der Waals surface area (Å²) in [7, 11) is 1.72. The van der Waals surface area contributed by atoms with Gasteiger partial charge in [0.15, 0.2) is 0 Å². The summed E-state index contributed by atoms with van der Waals surface area (Å²) in [6.45, 7) is 2.61. The number of ether oxygens (including phenoxy) is 1. The van der Waals surface area contributed by atoms with Gasteiger partial charge in [0.05, 0.1) is 6.61 Å². The molecule has 1 rings (SSSR count). The fourth-order valence-corrected chi connectivity index (χ4v) is 1.71. The second kappa shape index (κ2) is 8.81. The number of unbranched alkanes of at least 4 members (excludes halogenated alkanes) is 2. The quantitative estimate of drug-likeness (QED) is 0.548. The van der Waals surface area contributed by atoms with Gasteiger partial charge >= 0.3 is 0 Å². The van der Waals surface area contributed by atoms with Gasteiger partial charge in [-0.25, -0.2) is 0 Å². The van der Waals surface area contributed by atoms with E-state index in [1.54, 1.807) is 7.11 Å². The van der Waals surface area contributed by atoms with Gasteiger partial charge in [-0.15, -0.1) is 12.3 Å².